The first-order valence-electron chi connectivity index (χ1n) is 12.9. The smallest absolute Gasteiger partial charge is 0.321 e. The van der Waals surface area contributed by atoms with Crippen LogP contribution < -0.4 is 20.4 Å². The molecule has 198 valence electrons. The van der Waals surface area contributed by atoms with Gasteiger partial charge in [-0.2, -0.15) is 4.98 Å². The molecule has 2 saturated heterocycles. The van der Waals surface area contributed by atoms with Gasteiger partial charge in [-0.1, -0.05) is 12.1 Å². The van der Waals surface area contributed by atoms with Gasteiger partial charge < -0.3 is 30.1 Å². The van der Waals surface area contributed by atoms with Crippen molar-refractivity contribution in [3.63, 3.8) is 0 Å². The molecule has 3 aromatic rings. The molecule has 0 atom stereocenters. The molecule has 0 radical (unpaired) electrons. The first kappa shape index (κ1) is 25.5. The maximum atomic E-state index is 12.8. The standard InChI is InChI=1S/C28H33N7O3/c1-20-19-26(32-27(29-20)31-24-5-3-4-6-25(24)33-15-17-38-18-16-33)34-11-13-35(14-12-34)28(37)30-23-9-7-22(8-10-23)21(2)36/h3-10,19H,11-18H2,1-2H3,(H,30,37)(H,29,31,32). The third-order valence-corrected chi connectivity index (χ3v) is 6.78. The molecule has 0 aliphatic carbocycles. The Hall–Kier alpha value is -4.18. The van der Waals surface area contributed by atoms with Crippen molar-refractivity contribution in [3.05, 3.63) is 65.9 Å². The van der Waals surface area contributed by atoms with Crippen LogP contribution in [0.1, 0.15) is 23.0 Å². The number of hydrogen-bond donors (Lipinski definition) is 2. The van der Waals surface area contributed by atoms with Gasteiger partial charge >= 0.3 is 6.03 Å². The fourth-order valence-electron chi connectivity index (χ4n) is 4.68. The van der Waals surface area contributed by atoms with Crippen LogP contribution in [0.15, 0.2) is 54.6 Å². The van der Waals surface area contributed by atoms with Gasteiger partial charge in [0.05, 0.1) is 24.6 Å². The van der Waals surface area contributed by atoms with Gasteiger partial charge in [0.15, 0.2) is 5.78 Å². The summed E-state index contributed by atoms with van der Waals surface area (Å²) in [4.78, 5) is 40.0. The number of anilines is 5. The van der Waals surface area contributed by atoms with Crippen LogP contribution in [0.25, 0.3) is 0 Å². The summed E-state index contributed by atoms with van der Waals surface area (Å²) in [6, 6.07) is 17.0. The zero-order valence-corrected chi connectivity index (χ0v) is 21.8. The summed E-state index contributed by atoms with van der Waals surface area (Å²) in [7, 11) is 0. The lowest BCUT2D eigenvalue weighted by atomic mass is 10.1. The molecule has 38 heavy (non-hydrogen) atoms. The third kappa shape index (κ3) is 6.03. The van der Waals surface area contributed by atoms with Crippen molar-refractivity contribution in [1.82, 2.24) is 14.9 Å². The summed E-state index contributed by atoms with van der Waals surface area (Å²) < 4.78 is 5.51. The number of rotatable bonds is 6. The highest BCUT2D eigenvalue weighted by Crippen LogP contribution is 2.29. The minimum Gasteiger partial charge on any atom is -0.378 e. The fraction of sp³-hybridized carbons (Fsp3) is 0.357. The lowest BCUT2D eigenvalue weighted by Gasteiger charge is -2.35. The lowest BCUT2D eigenvalue weighted by Crippen LogP contribution is -2.50. The molecule has 0 unspecified atom stereocenters. The number of morpholine rings is 1. The Kier molecular flexibility index (Phi) is 7.69. The zero-order chi connectivity index (χ0) is 26.5. The van der Waals surface area contributed by atoms with Crippen LogP contribution in [-0.4, -0.2) is 79.2 Å². The van der Waals surface area contributed by atoms with Crippen molar-refractivity contribution in [2.45, 2.75) is 13.8 Å². The van der Waals surface area contributed by atoms with Crippen LogP contribution in [0.3, 0.4) is 0 Å². The predicted molar refractivity (Wildman–Crippen MR) is 149 cm³/mol. The lowest BCUT2D eigenvalue weighted by molar-refractivity contribution is 0.101. The van der Waals surface area contributed by atoms with Crippen LogP contribution in [0, 0.1) is 6.92 Å². The van der Waals surface area contributed by atoms with E-state index in [-0.39, 0.29) is 11.8 Å². The molecule has 2 fully saturated rings. The van der Waals surface area contributed by atoms with E-state index in [1.165, 1.54) is 6.92 Å². The molecule has 1 aromatic heterocycles. The van der Waals surface area contributed by atoms with Gasteiger partial charge in [-0.25, -0.2) is 9.78 Å². The largest absolute Gasteiger partial charge is 0.378 e. The highest BCUT2D eigenvalue weighted by atomic mass is 16.5. The van der Waals surface area contributed by atoms with Crippen molar-refractivity contribution < 1.29 is 14.3 Å². The number of benzene rings is 2. The minimum atomic E-state index is -0.152. The Morgan fingerprint density at radius 1 is 0.868 bits per heavy atom. The van der Waals surface area contributed by atoms with Crippen molar-refractivity contribution in [2.24, 2.45) is 0 Å². The van der Waals surface area contributed by atoms with Crippen LogP contribution in [0.5, 0.6) is 0 Å². The number of para-hydroxylation sites is 2. The molecule has 5 rings (SSSR count). The highest BCUT2D eigenvalue weighted by molar-refractivity contribution is 5.95. The number of carbonyl (C=O) groups excluding carboxylic acids is 2. The number of nitrogens with one attached hydrogen (secondary N) is 2. The van der Waals surface area contributed by atoms with E-state index in [4.69, 9.17) is 9.72 Å². The number of urea groups is 1. The predicted octanol–water partition coefficient (Wildman–Crippen LogP) is 3.92. The number of ether oxygens (including phenoxy) is 1. The molecule has 0 saturated carbocycles. The average Bonchev–Trinajstić information content (AvgIpc) is 2.94. The topological polar surface area (TPSA) is 103 Å². The van der Waals surface area contributed by atoms with E-state index >= 15 is 0 Å². The highest BCUT2D eigenvalue weighted by Gasteiger charge is 2.23. The summed E-state index contributed by atoms with van der Waals surface area (Å²) in [5, 5.41) is 6.35. The summed E-state index contributed by atoms with van der Waals surface area (Å²) in [5.41, 5.74) is 4.23. The Morgan fingerprint density at radius 2 is 1.58 bits per heavy atom. The molecule has 0 spiro atoms. The second kappa shape index (κ2) is 11.5. The number of carbonyl (C=O) groups is 2. The molecule has 2 aromatic carbocycles. The number of aromatic nitrogens is 2. The Bertz CT molecular complexity index is 1280. The molecule has 2 aliphatic rings. The van der Waals surface area contributed by atoms with Gasteiger partial charge in [-0.15, -0.1) is 0 Å². The average molecular weight is 516 g/mol. The molecule has 2 N–H and O–H groups in total. The maximum absolute atomic E-state index is 12.8. The Balaban J connectivity index is 1.22. The van der Waals surface area contributed by atoms with Gasteiger partial charge in [0, 0.05) is 62.3 Å². The van der Waals surface area contributed by atoms with Crippen molar-refractivity contribution in [3.8, 4) is 0 Å². The Morgan fingerprint density at radius 3 is 2.29 bits per heavy atom. The van der Waals surface area contributed by atoms with Crippen molar-refractivity contribution in [1.29, 1.82) is 0 Å². The number of Topliss-reactive ketones (excluding diaryl/α,β-unsaturated/α-hetero) is 1. The van der Waals surface area contributed by atoms with Crippen molar-refractivity contribution >= 4 is 40.6 Å². The summed E-state index contributed by atoms with van der Waals surface area (Å²) in [5.74, 6) is 1.39. The van der Waals surface area contributed by atoms with E-state index in [1.807, 2.05) is 31.2 Å². The molecule has 2 amide bonds. The molecule has 3 heterocycles. The monoisotopic (exact) mass is 515 g/mol. The van der Waals surface area contributed by atoms with E-state index in [0.29, 0.717) is 43.4 Å². The van der Waals surface area contributed by atoms with E-state index in [2.05, 4.69) is 31.5 Å². The first-order chi connectivity index (χ1) is 18.5. The van der Waals surface area contributed by atoms with Gasteiger partial charge in [0.1, 0.15) is 5.82 Å². The molecule has 0 bridgehead atoms. The first-order valence-corrected chi connectivity index (χ1v) is 12.9. The minimum absolute atomic E-state index is 0.00127. The number of piperazine rings is 1. The second-order valence-corrected chi connectivity index (χ2v) is 9.47. The van der Waals surface area contributed by atoms with E-state index in [9.17, 15) is 9.59 Å². The summed E-state index contributed by atoms with van der Waals surface area (Å²) in [6.07, 6.45) is 0. The fourth-order valence-corrected chi connectivity index (χ4v) is 4.68. The summed E-state index contributed by atoms with van der Waals surface area (Å²) >= 11 is 0. The van der Waals surface area contributed by atoms with Gasteiger partial charge in [-0.05, 0) is 50.2 Å². The third-order valence-electron chi connectivity index (χ3n) is 6.78. The zero-order valence-electron chi connectivity index (χ0n) is 21.8. The quantitative estimate of drug-likeness (QED) is 0.476. The van der Waals surface area contributed by atoms with Crippen LogP contribution in [-0.2, 0) is 4.74 Å². The maximum Gasteiger partial charge on any atom is 0.321 e. The van der Waals surface area contributed by atoms with E-state index in [1.54, 1.807) is 29.2 Å². The van der Waals surface area contributed by atoms with Gasteiger partial charge in [-0.3, -0.25) is 4.79 Å². The van der Waals surface area contributed by atoms with Crippen LogP contribution >= 0.6 is 0 Å². The number of nitrogens with zero attached hydrogens (tertiary/aromatic N) is 5. The van der Waals surface area contributed by atoms with E-state index < -0.39 is 0 Å². The van der Waals surface area contributed by atoms with Crippen LogP contribution in [0.2, 0.25) is 0 Å². The SMILES string of the molecule is CC(=O)c1ccc(NC(=O)N2CCN(c3cc(C)nc(Nc4ccccc4N4CCOCC4)n3)CC2)cc1. The second-order valence-electron chi connectivity index (χ2n) is 9.47. The number of hydrogen-bond acceptors (Lipinski definition) is 8. The molecular weight excluding hydrogens is 482 g/mol. The van der Waals surface area contributed by atoms with Gasteiger partial charge in [0.2, 0.25) is 5.95 Å². The number of aryl methyl sites for hydroxylation is 1. The van der Waals surface area contributed by atoms with Crippen LogP contribution in [0.4, 0.5) is 33.6 Å². The van der Waals surface area contributed by atoms with E-state index in [0.717, 1.165) is 49.2 Å². The molecule has 2 aliphatic heterocycles. The normalized spacial score (nSPS) is 15.8. The number of amides is 2. The Labute approximate surface area is 222 Å². The molecule has 10 nitrogen and oxygen atoms in total. The number of ketones is 1. The summed E-state index contributed by atoms with van der Waals surface area (Å²) in [6.45, 7) is 9.09. The molecule has 10 heteroatoms. The van der Waals surface area contributed by atoms with Crippen molar-refractivity contribution in [2.75, 3.05) is 72.9 Å². The van der Waals surface area contributed by atoms with Gasteiger partial charge in [0.25, 0.3) is 0 Å². The molecular formula is C28H33N7O3.